The second-order valence-electron chi connectivity index (χ2n) is 12.2. The van der Waals surface area contributed by atoms with Gasteiger partial charge in [0, 0.05) is 0 Å². The molecule has 0 aromatic carbocycles. The van der Waals surface area contributed by atoms with E-state index in [4.69, 9.17) is 4.74 Å². The van der Waals surface area contributed by atoms with E-state index in [-0.39, 0.29) is 0 Å². The summed E-state index contributed by atoms with van der Waals surface area (Å²) in [6.45, 7) is 8.25. The molecule has 3 fully saturated rings. The zero-order valence-corrected chi connectivity index (χ0v) is 21.8. The first-order valence-corrected chi connectivity index (χ1v) is 14.4. The largest absolute Gasteiger partial charge is 0.367 e. The molecule has 0 aromatic rings. The van der Waals surface area contributed by atoms with Crippen LogP contribution in [-0.4, -0.2) is 18.4 Å². The fourth-order valence-corrected chi connectivity index (χ4v) is 7.68. The fraction of sp³-hybridized carbons (Fsp3) is 0.806. The number of halogens is 2. The van der Waals surface area contributed by atoms with Crippen LogP contribution in [0.5, 0.6) is 0 Å². The molecule has 0 amide bonds. The van der Waals surface area contributed by atoms with Crippen molar-refractivity contribution >= 4 is 0 Å². The van der Waals surface area contributed by atoms with E-state index in [9.17, 15) is 8.78 Å². The molecule has 0 spiro atoms. The molecule has 1 nitrogen and oxygen atoms in total. The average molecular weight is 475 g/mol. The second-order valence-corrected chi connectivity index (χ2v) is 12.2. The Morgan fingerprint density at radius 2 is 1.59 bits per heavy atom. The average Bonchev–Trinajstić information content (AvgIpc) is 2.86. The molecule has 34 heavy (non-hydrogen) atoms. The summed E-state index contributed by atoms with van der Waals surface area (Å²) in [4.78, 5) is 0. The van der Waals surface area contributed by atoms with E-state index < -0.39 is 17.6 Å². The van der Waals surface area contributed by atoms with Crippen molar-refractivity contribution in [2.45, 2.75) is 116 Å². The lowest BCUT2D eigenvalue weighted by Crippen LogP contribution is -2.42. The summed E-state index contributed by atoms with van der Waals surface area (Å²) in [6, 6.07) is 0. The van der Waals surface area contributed by atoms with E-state index in [1.165, 1.54) is 77.0 Å². The molecular weight excluding hydrogens is 426 g/mol. The van der Waals surface area contributed by atoms with Gasteiger partial charge >= 0.3 is 0 Å². The highest BCUT2D eigenvalue weighted by atomic mass is 19.2. The van der Waals surface area contributed by atoms with Crippen LogP contribution in [0.1, 0.15) is 104 Å². The van der Waals surface area contributed by atoms with Crippen molar-refractivity contribution in [1.29, 1.82) is 0 Å². The smallest absolute Gasteiger partial charge is 0.184 e. The maximum absolute atomic E-state index is 15.0. The molecule has 6 unspecified atom stereocenters. The first-order valence-electron chi connectivity index (χ1n) is 14.4. The summed E-state index contributed by atoms with van der Waals surface area (Å²) < 4.78 is 35.7. The molecule has 0 aromatic heterocycles. The predicted octanol–water partition coefficient (Wildman–Crippen LogP) is 9.30. The molecule has 0 radical (unpaired) electrons. The quantitative estimate of drug-likeness (QED) is 0.302. The third-order valence-corrected chi connectivity index (χ3v) is 9.91. The lowest BCUT2D eigenvalue weighted by molar-refractivity contribution is -0.0717. The molecule has 4 aliphatic carbocycles. The van der Waals surface area contributed by atoms with Crippen molar-refractivity contribution in [2.24, 2.45) is 35.5 Å². The molecule has 4 rings (SSSR count). The summed E-state index contributed by atoms with van der Waals surface area (Å²) in [6.07, 6.45) is 21.2. The van der Waals surface area contributed by atoms with Gasteiger partial charge in [-0.05, 0) is 118 Å². The summed E-state index contributed by atoms with van der Waals surface area (Å²) >= 11 is 0. The van der Waals surface area contributed by atoms with Gasteiger partial charge in [-0.3, -0.25) is 0 Å². The predicted molar refractivity (Wildman–Crippen MR) is 138 cm³/mol. The van der Waals surface area contributed by atoms with Crippen LogP contribution in [0.4, 0.5) is 8.78 Å². The third-order valence-electron chi connectivity index (χ3n) is 9.91. The molecule has 0 heterocycles. The van der Waals surface area contributed by atoms with Crippen molar-refractivity contribution < 1.29 is 13.5 Å². The van der Waals surface area contributed by atoms with Crippen LogP contribution in [0.25, 0.3) is 0 Å². The standard InChI is InChI=1S/C31H48F2O/c1-4-6-8-25-17-18-31(3,30(33)29(25)32)34-21-23-11-14-28-20-27(16-15-26(28)19-23)24-12-9-22(7-5-2)10-13-24/h4,17-18,22-24,26-28,30H,1,5-16,19-21H2,2-3H3. The summed E-state index contributed by atoms with van der Waals surface area (Å²) in [5.41, 5.74) is -0.739. The lowest BCUT2D eigenvalue weighted by Gasteiger charge is -2.46. The van der Waals surface area contributed by atoms with Gasteiger partial charge in [-0.1, -0.05) is 44.8 Å². The summed E-state index contributed by atoms with van der Waals surface area (Å²) in [5.74, 6) is 4.46. The topological polar surface area (TPSA) is 9.23 Å². The number of hydrogen-bond acceptors (Lipinski definition) is 1. The maximum Gasteiger partial charge on any atom is 0.184 e. The van der Waals surface area contributed by atoms with E-state index in [1.54, 1.807) is 25.2 Å². The van der Waals surface area contributed by atoms with E-state index in [0.29, 0.717) is 30.9 Å². The monoisotopic (exact) mass is 474 g/mol. The lowest BCUT2D eigenvalue weighted by atomic mass is 9.61. The van der Waals surface area contributed by atoms with Gasteiger partial charge in [0.2, 0.25) is 0 Å². The summed E-state index contributed by atoms with van der Waals surface area (Å²) in [5, 5.41) is 0. The normalized spacial score (nSPS) is 40.8. The molecule has 192 valence electrons. The molecule has 0 saturated heterocycles. The fourth-order valence-electron chi connectivity index (χ4n) is 7.68. The van der Waals surface area contributed by atoms with Crippen LogP contribution in [0.2, 0.25) is 0 Å². The van der Waals surface area contributed by atoms with Gasteiger partial charge in [0.25, 0.3) is 0 Å². The molecule has 4 aliphatic rings. The van der Waals surface area contributed by atoms with Crippen LogP contribution in [-0.2, 0) is 4.74 Å². The molecular formula is C31H48F2O. The van der Waals surface area contributed by atoms with Crippen molar-refractivity contribution in [2.75, 3.05) is 6.61 Å². The Balaban J connectivity index is 1.23. The Kier molecular flexibility index (Phi) is 9.10. The first-order chi connectivity index (χ1) is 16.4. The van der Waals surface area contributed by atoms with E-state index in [0.717, 1.165) is 29.6 Å². The van der Waals surface area contributed by atoms with E-state index in [1.807, 2.05) is 0 Å². The Labute approximate surface area is 207 Å². The molecule has 3 heteroatoms. The van der Waals surface area contributed by atoms with Crippen LogP contribution in [0, 0.1) is 35.5 Å². The van der Waals surface area contributed by atoms with E-state index in [2.05, 4.69) is 13.5 Å². The van der Waals surface area contributed by atoms with Gasteiger partial charge in [0.1, 0.15) is 11.4 Å². The Bertz CT molecular complexity index is 734. The molecule has 0 N–H and O–H groups in total. The van der Waals surface area contributed by atoms with Crippen LogP contribution in [0.3, 0.4) is 0 Å². The third kappa shape index (κ3) is 6.05. The van der Waals surface area contributed by atoms with Gasteiger partial charge in [-0.2, -0.15) is 0 Å². The second kappa shape index (κ2) is 11.8. The Morgan fingerprint density at radius 1 is 0.971 bits per heavy atom. The highest BCUT2D eigenvalue weighted by Crippen LogP contribution is 2.49. The highest BCUT2D eigenvalue weighted by Gasteiger charge is 2.42. The van der Waals surface area contributed by atoms with Gasteiger partial charge in [0.05, 0.1) is 6.61 Å². The van der Waals surface area contributed by atoms with Crippen molar-refractivity contribution in [3.63, 3.8) is 0 Å². The van der Waals surface area contributed by atoms with Crippen molar-refractivity contribution in [3.05, 3.63) is 36.2 Å². The number of ether oxygens (including phenoxy) is 1. The number of rotatable bonds is 9. The number of alkyl halides is 1. The minimum atomic E-state index is -1.71. The zero-order chi connectivity index (χ0) is 24.1. The van der Waals surface area contributed by atoms with Crippen LogP contribution >= 0.6 is 0 Å². The van der Waals surface area contributed by atoms with Crippen molar-refractivity contribution in [3.8, 4) is 0 Å². The number of fused-ring (bicyclic) bond motifs is 1. The molecule has 6 atom stereocenters. The van der Waals surface area contributed by atoms with Crippen LogP contribution in [0.15, 0.2) is 36.2 Å². The minimum Gasteiger partial charge on any atom is -0.367 e. The van der Waals surface area contributed by atoms with Crippen LogP contribution < -0.4 is 0 Å². The van der Waals surface area contributed by atoms with E-state index >= 15 is 0 Å². The first kappa shape index (κ1) is 26.1. The minimum absolute atomic E-state index is 0.449. The molecule has 0 bridgehead atoms. The SMILES string of the molecule is C=CCCC1=C(F)C(F)C(C)(OCC2CCC3CC(C4CCC(CCC)CC4)CCC3C2)C=C1. The zero-order valence-electron chi connectivity index (χ0n) is 21.8. The van der Waals surface area contributed by atoms with Gasteiger partial charge in [0.15, 0.2) is 6.17 Å². The summed E-state index contributed by atoms with van der Waals surface area (Å²) in [7, 11) is 0. The van der Waals surface area contributed by atoms with Gasteiger partial charge in [-0.15, -0.1) is 6.58 Å². The Morgan fingerprint density at radius 3 is 2.29 bits per heavy atom. The number of allylic oxidation sites excluding steroid dienone is 3. The highest BCUT2D eigenvalue weighted by molar-refractivity contribution is 5.35. The number of hydrogen-bond donors (Lipinski definition) is 0. The van der Waals surface area contributed by atoms with Gasteiger partial charge in [-0.25, -0.2) is 8.78 Å². The molecule has 3 saturated carbocycles. The van der Waals surface area contributed by atoms with Gasteiger partial charge < -0.3 is 4.74 Å². The molecule has 0 aliphatic heterocycles. The maximum atomic E-state index is 15.0. The Hall–Kier alpha value is -0.960. The van der Waals surface area contributed by atoms with Crippen molar-refractivity contribution in [1.82, 2.24) is 0 Å².